The summed E-state index contributed by atoms with van der Waals surface area (Å²) in [5.74, 6) is -1.61. The molecule has 5 rings (SSSR count). The summed E-state index contributed by atoms with van der Waals surface area (Å²) in [4.78, 5) is 28.6. The molecule has 3 unspecified atom stereocenters. The van der Waals surface area contributed by atoms with E-state index in [9.17, 15) is 13.8 Å². The quantitative estimate of drug-likeness (QED) is 0.282. The Morgan fingerprint density at radius 2 is 1.86 bits per heavy atom. The van der Waals surface area contributed by atoms with Gasteiger partial charge in [0, 0.05) is 30.0 Å². The predicted octanol–water partition coefficient (Wildman–Crippen LogP) is 5.55. The maximum atomic E-state index is 16.1. The third-order valence-electron chi connectivity index (χ3n) is 8.38. The molecule has 1 fully saturated rings. The molecule has 0 bridgehead atoms. The molecule has 3 aromatic rings. The van der Waals surface area contributed by atoms with Crippen LogP contribution in [0, 0.1) is 25.1 Å². The first-order chi connectivity index (χ1) is 20.3. The highest BCUT2D eigenvalue weighted by molar-refractivity contribution is 7.85. The van der Waals surface area contributed by atoms with Gasteiger partial charge in [0.1, 0.15) is 28.0 Å². The number of hydrogen-bond donors (Lipinski definition) is 4. The Bertz CT molecular complexity index is 1620. The van der Waals surface area contributed by atoms with Crippen molar-refractivity contribution < 1.29 is 22.9 Å². The topological polar surface area (TPSA) is 109 Å². The van der Waals surface area contributed by atoms with Gasteiger partial charge < -0.3 is 25.4 Å². The molecular weight excluding hydrogens is 567 g/mol. The summed E-state index contributed by atoms with van der Waals surface area (Å²) >= 11 is 0. The van der Waals surface area contributed by atoms with Crippen LogP contribution in [0.5, 0.6) is 5.75 Å². The van der Waals surface area contributed by atoms with E-state index in [1.165, 1.54) is 13.4 Å². The molecule has 2 aliphatic rings. The molecule has 1 saturated heterocycles. The summed E-state index contributed by atoms with van der Waals surface area (Å²) in [6, 6.07) is 14.5. The number of hydrogen-bond acceptors (Lipinski definition) is 5. The summed E-state index contributed by atoms with van der Waals surface area (Å²) in [7, 11) is 0.185. The zero-order valence-corrected chi connectivity index (χ0v) is 26.4. The molecule has 8 nitrogen and oxygen atoms in total. The van der Waals surface area contributed by atoms with E-state index in [-0.39, 0.29) is 11.3 Å². The molecule has 3 aromatic carbocycles. The van der Waals surface area contributed by atoms with E-state index < -0.39 is 46.1 Å². The van der Waals surface area contributed by atoms with Crippen LogP contribution in [0.2, 0.25) is 0 Å². The third kappa shape index (κ3) is 5.54. The minimum absolute atomic E-state index is 0.217. The number of nitrogens with one attached hydrogen (secondary N) is 4. The van der Waals surface area contributed by atoms with Crippen LogP contribution in [0.15, 0.2) is 54.6 Å². The smallest absolute Gasteiger partial charge is 0.242 e. The first-order valence-corrected chi connectivity index (χ1v) is 15.8. The molecule has 2 heterocycles. The van der Waals surface area contributed by atoms with Crippen LogP contribution in [0.1, 0.15) is 55.4 Å². The second-order valence-corrected chi connectivity index (χ2v) is 13.9. The van der Waals surface area contributed by atoms with Crippen molar-refractivity contribution in [3.63, 3.8) is 0 Å². The summed E-state index contributed by atoms with van der Waals surface area (Å²) in [5, 5.41) is 9.58. The Morgan fingerprint density at radius 3 is 2.53 bits per heavy atom. The van der Waals surface area contributed by atoms with Crippen molar-refractivity contribution in [1.82, 2.24) is 5.32 Å². The molecule has 0 saturated carbocycles. The number of rotatable bonds is 7. The molecular formula is C33H39FN4O4S. The first-order valence-electron chi connectivity index (χ1n) is 14.3. The van der Waals surface area contributed by atoms with Crippen LogP contribution in [-0.2, 0) is 26.0 Å². The fraction of sp³-hybridized carbons (Fsp3) is 0.394. The molecule has 0 radical (unpaired) electrons. The van der Waals surface area contributed by atoms with Crippen molar-refractivity contribution in [2.45, 2.75) is 64.5 Å². The van der Waals surface area contributed by atoms with Gasteiger partial charge in [-0.05, 0) is 66.1 Å². The number of methoxy groups -OCH3 is 1. The van der Waals surface area contributed by atoms with Crippen molar-refractivity contribution >= 4 is 39.9 Å². The van der Waals surface area contributed by atoms with E-state index in [0.29, 0.717) is 40.4 Å². The van der Waals surface area contributed by atoms with Crippen LogP contribution in [0.3, 0.4) is 0 Å². The monoisotopic (exact) mass is 606 g/mol. The average molecular weight is 607 g/mol. The molecule has 228 valence electrons. The number of amides is 2. The van der Waals surface area contributed by atoms with Gasteiger partial charge in [0.15, 0.2) is 0 Å². The second-order valence-electron chi connectivity index (χ2n) is 12.8. The van der Waals surface area contributed by atoms with Crippen LogP contribution in [-0.4, -0.2) is 41.5 Å². The van der Waals surface area contributed by atoms with Gasteiger partial charge in [-0.25, -0.2) is 8.60 Å². The van der Waals surface area contributed by atoms with Crippen LogP contribution < -0.4 is 25.4 Å². The highest BCUT2D eigenvalue weighted by Crippen LogP contribution is 2.57. The maximum absolute atomic E-state index is 16.1. The summed E-state index contributed by atoms with van der Waals surface area (Å²) in [6.07, 6.45) is 2.07. The lowest BCUT2D eigenvalue weighted by molar-refractivity contribution is -0.122. The van der Waals surface area contributed by atoms with Gasteiger partial charge in [0.25, 0.3) is 0 Å². The van der Waals surface area contributed by atoms with Crippen molar-refractivity contribution in [2.75, 3.05) is 28.7 Å². The minimum Gasteiger partial charge on any atom is -0.494 e. The Kier molecular flexibility index (Phi) is 8.13. The van der Waals surface area contributed by atoms with E-state index in [2.05, 4.69) is 41.4 Å². The zero-order valence-electron chi connectivity index (χ0n) is 25.6. The SMILES string of the molecule is COc1cc(NS(C)=O)ccc1NC(=O)[C@@H]1NC(CC(C)(C)C)[C@@]2(C(=O)Nc3cc(C)ccc32)C1c1cccc(C)c1F. The van der Waals surface area contributed by atoms with Gasteiger partial charge in [-0.15, -0.1) is 0 Å². The number of benzene rings is 3. The van der Waals surface area contributed by atoms with Gasteiger partial charge in [0.05, 0.1) is 24.5 Å². The summed E-state index contributed by atoms with van der Waals surface area (Å²) in [5.41, 5.74) is 2.66. The van der Waals surface area contributed by atoms with Crippen molar-refractivity contribution in [2.24, 2.45) is 5.41 Å². The van der Waals surface area contributed by atoms with E-state index >= 15 is 4.39 Å². The first kappa shape index (κ1) is 30.7. The third-order valence-corrected chi connectivity index (χ3v) is 8.90. The Balaban J connectivity index is 1.67. The highest BCUT2D eigenvalue weighted by atomic mass is 32.2. The number of anilines is 3. The van der Waals surface area contributed by atoms with E-state index in [1.807, 2.05) is 25.1 Å². The lowest BCUT2D eigenvalue weighted by Gasteiger charge is -2.37. The molecule has 10 heteroatoms. The molecule has 2 amide bonds. The summed E-state index contributed by atoms with van der Waals surface area (Å²) in [6.45, 7) is 9.91. The highest BCUT2D eigenvalue weighted by Gasteiger charge is 2.66. The van der Waals surface area contributed by atoms with E-state index in [0.717, 1.165) is 11.1 Å². The van der Waals surface area contributed by atoms with Crippen molar-refractivity contribution in [3.05, 3.63) is 82.7 Å². The fourth-order valence-corrected chi connectivity index (χ4v) is 7.14. The maximum Gasteiger partial charge on any atom is 0.242 e. The largest absolute Gasteiger partial charge is 0.494 e. The Labute approximate surface area is 254 Å². The second kappa shape index (κ2) is 11.4. The van der Waals surface area contributed by atoms with Crippen molar-refractivity contribution in [3.8, 4) is 5.75 Å². The molecule has 0 aromatic heterocycles. The van der Waals surface area contributed by atoms with Crippen molar-refractivity contribution in [1.29, 1.82) is 0 Å². The van der Waals surface area contributed by atoms with Crippen LogP contribution in [0.4, 0.5) is 21.5 Å². The Morgan fingerprint density at radius 1 is 1.12 bits per heavy atom. The number of aryl methyl sites for hydroxylation is 2. The standard InChI is InChI=1S/C33H39FN4O4S/c1-18-11-13-22-24(15-18)36-31(40)33(22)26(17-32(3,4)5)37-29(27(33)21-10-8-9-19(2)28(21)34)30(39)35-23-14-12-20(38-43(7)41)16-25(23)42-6/h8-16,26-27,29,37-38H,17H2,1-7H3,(H,35,39)(H,36,40)/t26?,27?,29-,33-,43?/m1/s1. The molecule has 2 aliphatic heterocycles. The zero-order chi connectivity index (χ0) is 31.3. The number of carbonyl (C=O) groups is 2. The molecule has 5 atom stereocenters. The summed E-state index contributed by atoms with van der Waals surface area (Å²) < 4.78 is 36.1. The van der Waals surface area contributed by atoms with Crippen LogP contribution >= 0.6 is 0 Å². The number of carbonyl (C=O) groups excluding carboxylic acids is 2. The predicted molar refractivity (Wildman–Crippen MR) is 169 cm³/mol. The molecule has 0 aliphatic carbocycles. The average Bonchev–Trinajstić information content (AvgIpc) is 3.39. The molecule has 43 heavy (non-hydrogen) atoms. The number of fused-ring (bicyclic) bond motifs is 2. The molecule has 4 N–H and O–H groups in total. The normalized spacial score (nSPS) is 23.5. The molecule has 1 spiro atoms. The number of halogens is 1. The van der Waals surface area contributed by atoms with Gasteiger partial charge >= 0.3 is 0 Å². The number of ether oxygens (including phenoxy) is 1. The minimum atomic E-state index is -1.29. The van der Waals surface area contributed by atoms with E-state index in [1.54, 1.807) is 43.3 Å². The van der Waals surface area contributed by atoms with Gasteiger partial charge in [0.2, 0.25) is 11.8 Å². The van der Waals surface area contributed by atoms with E-state index in [4.69, 9.17) is 4.74 Å². The lowest BCUT2D eigenvalue weighted by Crippen LogP contribution is -2.49. The Hall–Kier alpha value is -3.76. The van der Waals surface area contributed by atoms with Gasteiger partial charge in [-0.1, -0.05) is 51.1 Å². The fourth-order valence-electron chi connectivity index (χ4n) is 6.68. The van der Waals surface area contributed by atoms with Gasteiger partial charge in [-0.2, -0.15) is 0 Å². The van der Waals surface area contributed by atoms with Crippen LogP contribution in [0.25, 0.3) is 0 Å². The lowest BCUT2D eigenvalue weighted by atomic mass is 9.62. The van der Waals surface area contributed by atoms with Gasteiger partial charge in [-0.3, -0.25) is 9.59 Å².